The van der Waals surface area contributed by atoms with Crippen molar-refractivity contribution < 1.29 is 4.79 Å². The van der Waals surface area contributed by atoms with E-state index in [-0.39, 0.29) is 5.78 Å². The summed E-state index contributed by atoms with van der Waals surface area (Å²) >= 11 is 0. The van der Waals surface area contributed by atoms with Crippen molar-refractivity contribution in [3.63, 3.8) is 0 Å². The van der Waals surface area contributed by atoms with Crippen molar-refractivity contribution in [3.8, 4) is 0 Å². The van der Waals surface area contributed by atoms with Crippen LogP contribution in [0.25, 0.3) is 10.9 Å². The average Bonchev–Trinajstić information content (AvgIpc) is 2.88. The van der Waals surface area contributed by atoms with Crippen LogP contribution in [-0.2, 0) is 6.54 Å². The van der Waals surface area contributed by atoms with Crippen LogP contribution in [0, 0.1) is 0 Å². The first kappa shape index (κ1) is 11.7. The van der Waals surface area contributed by atoms with Crippen LogP contribution < -0.4 is 0 Å². The molecule has 94 valence electrons. The van der Waals surface area contributed by atoms with Crippen molar-refractivity contribution in [1.29, 1.82) is 0 Å². The van der Waals surface area contributed by atoms with Gasteiger partial charge in [-0.25, -0.2) is 0 Å². The fourth-order valence-corrected chi connectivity index (χ4v) is 2.24. The molecule has 0 saturated carbocycles. The zero-order chi connectivity index (χ0) is 13.2. The zero-order valence-corrected chi connectivity index (χ0v) is 10.7. The molecule has 0 amide bonds. The number of Topliss-reactive ketones (excluding diaryl/α,β-unsaturated/α-hetero) is 1. The number of rotatable bonds is 3. The maximum Gasteiger partial charge on any atom is 0.161 e. The van der Waals surface area contributed by atoms with E-state index in [4.69, 9.17) is 0 Å². The van der Waals surface area contributed by atoms with Crippen molar-refractivity contribution in [2.75, 3.05) is 0 Å². The molecule has 3 aromatic rings. The zero-order valence-electron chi connectivity index (χ0n) is 10.7. The molecule has 0 atom stereocenters. The van der Waals surface area contributed by atoms with Crippen molar-refractivity contribution in [3.05, 3.63) is 66.1 Å². The summed E-state index contributed by atoms with van der Waals surface area (Å²) in [7, 11) is 0. The lowest BCUT2D eigenvalue weighted by Gasteiger charge is -2.06. The minimum atomic E-state index is 0.0957. The molecule has 19 heavy (non-hydrogen) atoms. The van der Waals surface area contributed by atoms with Crippen LogP contribution in [0.4, 0.5) is 0 Å². The molecule has 0 bridgehead atoms. The molecular weight excluding hydrogens is 236 g/mol. The molecule has 0 N–H and O–H groups in total. The molecule has 2 aromatic heterocycles. The van der Waals surface area contributed by atoms with E-state index in [1.165, 1.54) is 5.56 Å². The van der Waals surface area contributed by atoms with Gasteiger partial charge in [-0.2, -0.15) is 0 Å². The Morgan fingerprint density at radius 3 is 2.84 bits per heavy atom. The summed E-state index contributed by atoms with van der Waals surface area (Å²) < 4.78 is 2.03. The normalized spacial score (nSPS) is 10.8. The number of nitrogens with zero attached hydrogens (tertiary/aromatic N) is 2. The topological polar surface area (TPSA) is 34.9 Å². The van der Waals surface area contributed by atoms with Gasteiger partial charge in [0.15, 0.2) is 5.78 Å². The number of hydrogen-bond donors (Lipinski definition) is 0. The number of fused-ring (bicyclic) bond motifs is 1. The molecule has 2 heterocycles. The lowest BCUT2D eigenvalue weighted by Crippen LogP contribution is -1.98. The summed E-state index contributed by atoms with van der Waals surface area (Å²) in [5, 5.41) is 1.16. The van der Waals surface area contributed by atoms with Crippen molar-refractivity contribution in [1.82, 2.24) is 9.55 Å². The Hall–Kier alpha value is -2.42. The van der Waals surface area contributed by atoms with Crippen molar-refractivity contribution in [2.24, 2.45) is 0 Å². The molecule has 0 fully saturated rings. The molecule has 0 aliphatic heterocycles. The first-order valence-electron chi connectivity index (χ1n) is 6.23. The third-order valence-corrected chi connectivity index (χ3v) is 3.25. The Bertz CT molecular complexity index is 738. The summed E-state index contributed by atoms with van der Waals surface area (Å²) in [6.07, 6.45) is 5.65. The minimum absolute atomic E-state index is 0.0957. The predicted octanol–water partition coefficient (Wildman–Crippen LogP) is 3.29. The molecule has 0 saturated heterocycles. The van der Waals surface area contributed by atoms with Crippen LogP contribution >= 0.6 is 0 Å². The second kappa shape index (κ2) is 4.69. The number of aromatic nitrogens is 2. The number of carbonyl (C=O) groups is 1. The SMILES string of the molecule is CC(=O)c1ccn(Cc2ccnc3ccccc23)c1. The number of benzene rings is 1. The third-order valence-electron chi connectivity index (χ3n) is 3.25. The highest BCUT2D eigenvalue weighted by molar-refractivity contribution is 5.93. The first-order chi connectivity index (χ1) is 9.24. The highest BCUT2D eigenvalue weighted by Gasteiger charge is 2.04. The molecular formula is C16H14N2O. The van der Waals surface area contributed by atoms with Gasteiger partial charge in [0.05, 0.1) is 5.52 Å². The first-order valence-corrected chi connectivity index (χ1v) is 6.23. The summed E-state index contributed by atoms with van der Waals surface area (Å²) in [5.74, 6) is 0.0957. The second-order valence-corrected chi connectivity index (χ2v) is 4.62. The molecule has 3 heteroatoms. The van der Waals surface area contributed by atoms with E-state index >= 15 is 0 Å². The van der Waals surface area contributed by atoms with Crippen LogP contribution in [0.3, 0.4) is 0 Å². The second-order valence-electron chi connectivity index (χ2n) is 4.62. The molecule has 0 spiro atoms. The Morgan fingerprint density at radius 2 is 2.05 bits per heavy atom. The van der Waals surface area contributed by atoms with Crippen molar-refractivity contribution in [2.45, 2.75) is 13.5 Å². The number of ketones is 1. The Kier molecular flexibility index (Phi) is 2.88. The number of pyridine rings is 1. The average molecular weight is 250 g/mol. The van der Waals surface area contributed by atoms with E-state index in [2.05, 4.69) is 11.1 Å². The minimum Gasteiger partial charge on any atom is -0.349 e. The van der Waals surface area contributed by atoms with Gasteiger partial charge >= 0.3 is 0 Å². The Balaban J connectivity index is 1.98. The van der Waals surface area contributed by atoms with Crippen LogP contribution in [-0.4, -0.2) is 15.3 Å². The monoisotopic (exact) mass is 250 g/mol. The molecule has 0 aliphatic rings. The molecule has 0 aliphatic carbocycles. The van der Waals surface area contributed by atoms with Crippen LogP contribution in [0.15, 0.2) is 55.0 Å². The van der Waals surface area contributed by atoms with Gasteiger partial charge in [-0.15, -0.1) is 0 Å². The molecule has 0 unspecified atom stereocenters. The van der Waals surface area contributed by atoms with E-state index in [1.54, 1.807) is 6.92 Å². The van der Waals surface area contributed by atoms with Gasteiger partial charge < -0.3 is 4.57 Å². The van der Waals surface area contributed by atoms with Gasteiger partial charge in [0.25, 0.3) is 0 Å². The molecule has 1 aromatic carbocycles. The highest BCUT2D eigenvalue weighted by Crippen LogP contribution is 2.17. The van der Waals surface area contributed by atoms with Crippen LogP contribution in [0.1, 0.15) is 22.8 Å². The van der Waals surface area contributed by atoms with Gasteiger partial charge in [-0.05, 0) is 30.7 Å². The van der Waals surface area contributed by atoms with E-state index in [0.29, 0.717) is 0 Å². The van der Waals surface area contributed by atoms with E-state index in [1.807, 2.05) is 53.5 Å². The van der Waals surface area contributed by atoms with Crippen molar-refractivity contribution >= 4 is 16.7 Å². The van der Waals surface area contributed by atoms with Crippen LogP contribution in [0.2, 0.25) is 0 Å². The predicted molar refractivity (Wildman–Crippen MR) is 75.3 cm³/mol. The van der Waals surface area contributed by atoms with Gasteiger partial charge in [-0.3, -0.25) is 9.78 Å². The quantitative estimate of drug-likeness (QED) is 0.668. The number of hydrogen-bond acceptors (Lipinski definition) is 2. The summed E-state index contributed by atoms with van der Waals surface area (Å²) in [6, 6.07) is 12.0. The smallest absolute Gasteiger partial charge is 0.161 e. The number of carbonyl (C=O) groups excluding carboxylic acids is 1. The Labute approximate surface area is 111 Å². The lowest BCUT2D eigenvalue weighted by molar-refractivity contribution is 0.101. The Morgan fingerprint density at radius 1 is 1.21 bits per heavy atom. The largest absolute Gasteiger partial charge is 0.349 e. The maximum absolute atomic E-state index is 11.3. The maximum atomic E-state index is 11.3. The summed E-state index contributed by atoms with van der Waals surface area (Å²) in [4.78, 5) is 15.7. The fourth-order valence-electron chi connectivity index (χ4n) is 2.24. The van der Waals surface area contributed by atoms with Gasteiger partial charge in [0.1, 0.15) is 0 Å². The lowest BCUT2D eigenvalue weighted by atomic mass is 10.1. The fraction of sp³-hybridized carbons (Fsp3) is 0.125. The highest BCUT2D eigenvalue weighted by atomic mass is 16.1. The van der Waals surface area contributed by atoms with E-state index in [0.717, 1.165) is 23.0 Å². The summed E-state index contributed by atoms with van der Waals surface area (Å²) in [6.45, 7) is 2.33. The standard InChI is InChI=1S/C16H14N2O/c1-12(19)13-7-9-18(10-13)11-14-6-8-17-16-5-3-2-4-15(14)16/h2-10H,11H2,1H3. The third kappa shape index (κ3) is 2.27. The van der Waals surface area contributed by atoms with Crippen LogP contribution in [0.5, 0.6) is 0 Å². The van der Waals surface area contributed by atoms with Gasteiger partial charge in [0, 0.05) is 36.1 Å². The van der Waals surface area contributed by atoms with Gasteiger partial charge in [0.2, 0.25) is 0 Å². The molecule has 0 radical (unpaired) electrons. The van der Waals surface area contributed by atoms with Gasteiger partial charge in [-0.1, -0.05) is 18.2 Å². The summed E-state index contributed by atoms with van der Waals surface area (Å²) in [5.41, 5.74) is 2.95. The molecule has 3 rings (SSSR count). The van der Waals surface area contributed by atoms with E-state index < -0.39 is 0 Å². The number of para-hydroxylation sites is 1. The molecule has 3 nitrogen and oxygen atoms in total. The van der Waals surface area contributed by atoms with E-state index in [9.17, 15) is 4.79 Å².